The molecule has 2 atom stereocenters. The zero-order valence-corrected chi connectivity index (χ0v) is 8.81. The fourth-order valence-corrected chi connectivity index (χ4v) is 1.68. The van der Waals surface area contributed by atoms with Crippen LogP contribution in [0, 0.1) is 5.92 Å². The molecule has 0 aromatic heterocycles. The van der Waals surface area contributed by atoms with E-state index >= 15 is 0 Å². The lowest BCUT2D eigenvalue weighted by molar-refractivity contribution is -0.133. The largest absolute Gasteiger partial charge is 0.383 e. The molecule has 0 bridgehead atoms. The fraction of sp³-hybridized carbons (Fsp3) is 0.778. The number of likely N-dealkylation sites (tertiary alicyclic amines) is 1. The molecule has 0 aliphatic carbocycles. The molecule has 6 heteroatoms. The van der Waals surface area contributed by atoms with Gasteiger partial charge in [0.25, 0.3) is 0 Å². The summed E-state index contributed by atoms with van der Waals surface area (Å²) in [6.07, 6.45) is 0.626. The van der Waals surface area contributed by atoms with Gasteiger partial charge < -0.3 is 21.1 Å². The van der Waals surface area contributed by atoms with E-state index in [-0.39, 0.29) is 24.3 Å². The Hall–Kier alpha value is -1.14. The van der Waals surface area contributed by atoms with Gasteiger partial charge in [-0.2, -0.15) is 0 Å². The minimum Gasteiger partial charge on any atom is -0.383 e. The van der Waals surface area contributed by atoms with Crippen molar-refractivity contribution in [2.75, 3.05) is 26.8 Å². The van der Waals surface area contributed by atoms with Crippen LogP contribution >= 0.6 is 0 Å². The number of carbonyl (C=O) groups is 2. The van der Waals surface area contributed by atoms with Crippen molar-refractivity contribution in [3.8, 4) is 0 Å². The predicted molar refractivity (Wildman–Crippen MR) is 53.7 cm³/mol. The van der Waals surface area contributed by atoms with Crippen LogP contribution in [0.2, 0.25) is 0 Å². The van der Waals surface area contributed by atoms with Gasteiger partial charge in [-0.15, -0.1) is 0 Å². The summed E-state index contributed by atoms with van der Waals surface area (Å²) in [4.78, 5) is 24.1. The summed E-state index contributed by atoms with van der Waals surface area (Å²) in [7, 11) is 1.49. The molecule has 1 aliphatic heterocycles. The van der Waals surface area contributed by atoms with Gasteiger partial charge in [0.1, 0.15) is 6.04 Å². The molecule has 2 amide bonds. The van der Waals surface area contributed by atoms with Crippen molar-refractivity contribution < 1.29 is 14.3 Å². The van der Waals surface area contributed by atoms with Crippen molar-refractivity contribution in [3.63, 3.8) is 0 Å². The summed E-state index contributed by atoms with van der Waals surface area (Å²) in [5.41, 5.74) is 10.8. The van der Waals surface area contributed by atoms with Crippen LogP contribution in [0.25, 0.3) is 0 Å². The Kier molecular flexibility index (Phi) is 4.05. The van der Waals surface area contributed by atoms with Crippen LogP contribution < -0.4 is 11.5 Å². The number of primary amides is 1. The molecule has 0 aromatic carbocycles. The van der Waals surface area contributed by atoms with Crippen molar-refractivity contribution in [2.24, 2.45) is 17.4 Å². The zero-order chi connectivity index (χ0) is 11.4. The highest BCUT2D eigenvalue weighted by Gasteiger charge is 2.31. The lowest BCUT2D eigenvalue weighted by Gasteiger charge is -2.19. The number of ether oxygens (including phenoxy) is 1. The second-order valence-electron chi connectivity index (χ2n) is 3.73. The fourth-order valence-electron chi connectivity index (χ4n) is 1.68. The maximum absolute atomic E-state index is 11.7. The van der Waals surface area contributed by atoms with E-state index in [0.717, 1.165) is 0 Å². The number of nitrogens with two attached hydrogens (primary N) is 2. The smallest absolute Gasteiger partial charge is 0.241 e. The van der Waals surface area contributed by atoms with E-state index in [2.05, 4.69) is 0 Å². The van der Waals surface area contributed by atoms with Gasteiger partial charge >= 0.3 is 0 Å². The number of methoxy groups -OCH3 is 1. The highest BCUT2D eigenvalue weighted by atomic mass is 16.5. The van der Waals surface area contributed by atoms with Crippen molar-refractivity contribution in [1.29, 1.82) is 0 Å². The Bertz CT molecular complexity index is 257. The minimum absolute atomic E-state index is 0.180. The second kappa shape index (κ2) is 5.09. The van der Waals surface area contributed by atoms with Gasteiger partial charge in [-0.05, 0) is 6.42 Å². The molecule has 0 radical (unpaired) electrons. The van der Waals surface area contributed by atoms with E-state index in [1.54, 1.807) is 4.90 Å². The Balaban J connectivity index is 2.46. The van der Waals surface area contributed by atoms with Crippen LogP contribution in [0.1, 0.15) is 6.42 Å². The van der Waals surface area contributed by atoms with E-state index < -0.39 is 6.04 Å². The standard InChI is InChI=1S/C9H17N3O3/c1-15-5-7(10)9(14)12-3-2-6(4-12)8(11)13/h6-7H,2-5,10H2,1H3,(H2,11,13). The third-order valence-electron chi connectivity index (χ3n) is 2.57. The van der Waals surface area contributed by atoms with Crippen molar-refractivity contribution in [1.82, 2.24) is 4.90 Å². The molecule has 1 heterocycles. The highest BCUT2D eigenvalue weighted by Crippen LogP contribution is 2.16. The van der Waals surface area contributed by atoms with Crippen LogP contribution in [-0.4, -0.2) is 49.6 Å². The maximum Gasteiger partial charge on any atom is 0.241 e. The number of hydrogen-bond acceptors (Lipinski definition) is 4. The normalized spacial score (nSPS) is 22.8. The third kappa shape index (κ3) is 2.90. The Morgan fingerprint density at radius 2 is 2.27 bits per heavy atom. The first-order valence-electron chi connectivity index (χ1n) is 4.89. The first kappa shape index (κ1) is 11.9. The molecule has 15 heavy (non-hydrogen) atoms. The minimum atomic E-state index is -0.651. The van der Waals surface area contributed by atoms with Gasteiger partial charge in [0, 0.05) is 20.2 Å². The Morgan fingerprint density at radius 3 is 2.73 bits per heavy atom. The molecule has 0 aromatic rings. The summed E-state index contributed by atoms with van der Waals surface area (Å²) in [6, 6.07) is -0.651. The average Bonchev–Trinajstić information content (AvgIpc) is 2.65. The Labute approximate surface area is 88.5 Å². The number of rotatable bonds is 4. The molecule has 1 aliphatic rings. The predicted octanol–water partition coefficient (Wildman–Crippen LogP) is -1.71. The van der Waals surface area contributed by atoms with Crippen molar-refractivity contribution in [2.45, 2.75) is 12.5 Å². The molecule has 4 N–H and O–H groups in total. The topological polar surface area (TPSA) is 98.7 Å². The third-order valence-corrected chi connectivity index (χ3v) is 2.57. The molecule has 86 valence electrons. The van der Waals surface area contributed by atoms with E-state index in [4.69, 9.17) is 16.2 Å². The van der Waals surface area contributed by atoms with Crippen LogP contribution in [0.4, 0.5) is 0 Å². The molecular formula is C9H17N3O3. The summed E-state index contributed by atoms with van der Waals surface area (Å²) in [5, 5.41) is 0. The second-order valence-corrected chi connectivity index (χ2v) is 3.73. The van der Waals surface area contributed by atoms with Gasteiger partial charge in [0.05, 0.1) is 12.5 Å². The molecular weight excluding hydrogens is 198 g/mol. The van der Waals surface area contributed by atoms with E-state index in [1.165, 1.54) is 7.11 Å². The van der Waals surface area contributed by atoms with Crippen LogP contribution in [0.5, 0.6) is 0 Å². The molecule has 0 spiro atoms. The van der Waals surface area contributed by atoms with Gasteiger partial charge in [-0.1, -0.05) is 0 Å². The van der Waals surface area contributed by atoms with E-state index in [1.807, 2.05) is 0 Å². The van der Waals surface area contributed by atoms with Gasteiger partial charge in [-0.25, -0.2) is 0 Å². The molecule has 0 saturated carbocycles. The SMILES string of the molecule is COCC(N)C(=O)N1CCC(C(N)=O)C1. The lowest BCUT2D eigenvalue weighted by Crippen LogP contribution is -2.45. The van der Waals surface area contributed by atoms with Crippen molar-refractivity contribution in [3.05, 3.63) is 0 Å². The van der Waals surface area contributed by atoms with Crippen LogP contribution in [-0.2, 0) is 14.3 Å². The van der Waals surface area contributed by atoms with Gasteiger partial charge in [0.15, 0.2) is 0 Å². The molecule has 2 unspecified atom stereocenters. The molecule has 1 rings (SSSR count). The first-order valence-corrected chi connectivity index (χ1v) is 4.89. The van der Waals surface area contributed by atoms with Gasteiger partial charge in [-0.3, -0.25) is 9.59 Å². The first-order chi connectivity index (χ1) is 7.06. The Morgan fingerprint density at radius 1 is 1.60 bits per heavy atom. The monoisotopic (exact) mass is 215 g/mol. The zero-order valence-electron chi connectivity index (χ0n) is 8.81. The summed E-state index contributed by atoms with van der Waals surface area (Å²) in [6.45, 7) is 1.12. The maximum atomic E-state index is 11.7. The summed E-state index contributed by atoms with van der Waals surface area (Å²) >= 11 is 0. The molecule has 1 saturated heterocycles. The average molecular weight is 215 g/mol. The number of amides is 2. The van der Waals surface area contributed by atoms with E-state index in [9.17, 15) is 9.59 Å². The summed E-state index contributed by atoms with van der Waals surface area (Å²) < 4.78 is 4.79. The summed E-state index contributed by atoms with van der Waals surface area (Å²) in [5.74, 6) is -0.769. The lowest BCUT2D eigenvalue weighted by atomic mass is 10.1. The van der Waals surface area contributed by atoms with Crippen LogP contribution in [0.3, 0.4) is 0 Å². The van der Waals surface area contributed by atoms with Crippen molar-refractivity contribution >= 4 is 11.8 Å². The molecule has 1 fully saturated rings. The van der Waals surface area contributed by atoms with Crippen LogP contribution in [0.15, 0.2) is 0 Å². The highest BCUT2D eigenvalue weighted by molar-refractivity contribution is 5.84. The number of hydrogen-bond donors (Lipinski definition) is 2. The quantitative estimate of drug-likeness (QED) is 0.583. The molecule has 6 nitrogen and oxygen atoms in total. The van der Waals surface area contributed by atoms with Gasteiger partial charge in [0.2, 0.25) is 11.8 Å². The number of carbonyl (C=O) groups excluding carboxylic acids is 2. The number of nitrogens with zero attached hydrogens (tertiary/aromatic N) is 1. The van der Waals surface area contributed by atoms with E-state index in [0.29, 0.717) is 19.5 Å².